The molecule has 0 fully saturated rings. The minimum absolute atomic E-state index is 0.0817. The van der Waals surface area contributed by atoms with E-state index in [1.54, 1.807) is 11.9 Å². The van der Waals surface area contributed by atoms with Crippen LogP contribution in [0.5, 0.6) is 0 Å². The lowest BCUT2D eigenvalue weighted by molar-refractivity contribution is 0.0768. The van der Waals surface area contributed by atoms with Gasteiger partial charge in [0, 0.05) is 25.5 Å². The first-order valence-electron chi connectivity index (χ1n) is 6.44. The van der Waals surface area contributed by atoms with Crippen molar-refractivity contribution in [3.8, 4) is 0 Å². The van der Waals surface area contributed by atoms with E-state index in [1.165, 1.54) is 11.1 Å². The number of benzene rings is 1. The van der Waals surface area contributed by atoms with Crippen LogP contribution in [0.15, 0.2) is 22.6 Å². The van der Waals surface area contributed by atoms with Gasteiger partial charge in [-0.2, -0.15) is 0 Å². The molecular weight excluding hydrogens is 240 g/mol. The molecule has 0 aliphatic rings. The number of nitrogens with zero attached hydrogens (tertiary/aromatic N) is 1. The van der Waals surface area contributed by atoms with E-state index in [-0.39, 0.29) is 5.91 Å². The van der Waals surface area contributed by atoms with Crippen molar-refractivity contribution in [3.05, 3.63) is 35.1 Å². The van der Waals surface area contributed by atoms with Gasteiger partial charge in [0.2, 0.25) is 0 Å². The second kappa shape index (κ2) is 5.45. The Bertz CT molecular complexity index is 562. The van der Waals surface area contributed by atoms with E-state index in [0.29, 0.717) is 12.3 Å². The van der Waals surface area contributed by atoms with Crippen molar-refractivity contribution in [3.63, 3.8) is 0 Å². The van der Waals surface area contributed by atoms with Crippen LogP contribution < -0.4 is 5.32 Å². The van der Waals surface area contributed by atoms with Gasteiger partial charge in [-0.1, -0.05) is 0 Å². The zero-order valence-corrected chi connectivity index (χ0v) is 11.9. The molecule has 4 heteroatoms. The summed E-state index contributed by atoms with van der Waals surface area (Å²) in [5.74, 6) is 0.320. The Balaban J connectivity index is 2.28. The van der Waals surface area contributed by atoms with Gasteiger partial charge in [0.05, 0.1) is 0 Å². The Labute approximate surface area is 113 Å². The molecule has 0 saturated heterocycles. The quantitative estimate of drug-likeness (QED) is 0.917. The maximum absolute atomic E-state index is 12.2. The molecule has 102 valence electrons. The van der Waals surface area contributed by atoms with Crippen LogP contribution in [0.1, 0.15) is 21.7 Å². The first-order chi connectivity index (χ1) is 9.02. The zero-order valence-electron chi connectivity index (χ0n) is 11.9. The molecule has 0 spiro atoms. The van der Waals surface area contributed by atoms with Crippen molar-refractivity contribution in [1.29, 1.82) is 0 Å². The van der Waals surface area contributed by atoms with Crippen LogP contribution in [-0.4, -0.2) is 38.0 Å². The largest absolute Gasteiger partial charge is 0.451 e. The molecular formula is C15H20N2O2. The van der Waals surface area contributed by atoms with Gasteiger partial charge in [0.1, 0.15) is 5.58 Å². The summed E-state index contributed by atoms with van der Waals surface area (Å²) in [6, 6.07) is 5.85. The van der Waals surface area contributed by atoms with Crippen LogP contribution in [0.4, 0.5) is 0 Å². The Kier molecular flexibility index (Phi) is 3.90. The maximum atomic E-state index is 12.2. The molecule has 0 bridgehead atoms. The topological polar surface area (TPSA) is 45.5 Å². The molecule has 2 aromatic rings. The first-order valence-corrected chi connectivity index (χ1v) is 6.44. The van der Waals surface area contributed by atoms with E-state index in [9.17, 15) is 4.79 Å². The molecule has 0 aliphatic carbocycles. The summed E-state index contributed by atoms with van der Waals surface area (Å²) in [4.78, 5) is 13.9. The van der Waals surface area contributed by atoms with Gasteiger partial charge in [-0.25, -0.2) is 0 Å². The summed E-state index contributed by atoms with van der Waals surface area (Å²) < 4.78 is 5.66. The SMILES string of the molecule is CNCCN(C)C(=O)c1cc2cc(C)c(C)cc2o1. The van der Waals surface area contributed by atoms with E-state index in [1.807, 2.05) is 26.1 Å². The van der Waals surface area contributed by atoms with Crippen LogP contribution in [0, 0.1) is 13.8 Å². The molecule has 1 N–H and O–H groups in total. The fourth-order valence-electron chi connectivity index (χ4n) is 1.98. The Morgan fingerprint density at radius 3 is 2.63 bits per heavy atom. The minimum Gasteiger partial charge on any atom is -0.451 e. The molecule has 4 nitrogen and oxygen atoms in total. The van der Waals surface area contributed by atoms with Crippen LogP contribution in [0.2, 0.25) is 0 Å². The summed E-state index contributed by atoms with van der Waals surface area (Å²) in [6.07, 6.45) is 0. The summed E-state index contributed by atoms with van der Waals surface area (Å²) >= 11 is 0. The molecule has 0 radical (unpaired) electrons. The predicted octanol–water partition coefficient (Wildman–Crippen LogP) is 2.34. The third kappa shape index (κ3) is 2.79. The van der Waals surface area contributed by atoms with Crippen LogP contribution in [-0.2, 0) is 0 Å². The Morgan fingerprint density at radius 1 is 1.26 bits per heavy atom. The number of hydrogen-bond donors (Lipinski definition) is 1. The lowest BCUT2D eigenvalue weighted by Crippen LogP contribution is -2.32. The predicted molar refractivity (Wildman–Crippen MR) is 76.6 cm³/mol. The molecule has 19 heavy (non-hydrogen) atoms. The number of likely N-dealkylation sites (N-methyl/N-ethyl adjacent to an activating group) is 2. The third-order valence-electron chi connectivity index (χ3n) is 3.39. The lowest BCUT2D eigenvalue weighted by Gasteiger charge is -2.14. The number of carbonyl (C=O) groups is 1. The van der Waals surface area contributed by atoms with Gasteiger partial charge in [-0.15, -0.1) is 0 Å². The number of furan rings is 1. The van der Waals surface area contributed by atoms with Crippen molar-refractivity contribution >= 4 is 16.9 Å². The number of rotatable bonds is 4. The molecule has 0 atom stereocenters. The highest BCUT2D eigenvalue weighted by molar-refractivity contribution is 5.96. The van der Waals surface area contributed by atoms with Crippen molar-refractivity contribution in [1.82, 2.24) is 10.2 Å². The smallest absolute Gasteiger partial charge is 0.289 e. The second-order valence-electron chi connectivity index (χ2n) is 4.92. The molecule has 1 aromatic carbocycles. The molecule has 0 aliphatic heterocycles. The number of aryl methyl sites for hydroxylation is 2. The molecule has 2 rings (SSSR count). The van der Waals surface area contributed by atoms with Crippen molar-refractivity contribution in [2.24, 2.45) is 0 Å². The van der Waals surface area contributed by atoms with Crippen LogP contribution >= 0.6 is 0 Å². The molecule has 0 saturated carbocycles. The summed E-state index contributed by atoms with van der Waals surface area (Å²) in [6.45, 7) is 5.52. The van der Waals surface area contributed by atoms with Crippen molar-refractivity contribution in [2.75, 3.05) is 27.2 Å². The van der Waals surface area contributed by atoms with Crippen molar-refractivity contribution in [2.45, 2.75) is 13.8 Å². The standard InChI is InChI=1S/C15H20N2O2/c1-10-7-12-9-14(19-13(12)8-11(10)2)15(18)17(4)6-5-16-3/h7-9,16H,5-6H2,1-4H3. The number of fused-ring (bicyclic) bond motifs is 1. The zero-order chi connectivity index (χ0) is 14.0. The minimum atomic E-state index is -0.0817. The van der Waals surface area contributed by atoms with Gasteiger partial charge in [0.25, 0.3) is 5.91 Å². The van der Waals surface area contributed by atoms with Gasteiger partial charge >= 0.3 is 0 Å². The number of nitrogens with one attached hydrogen (secondary N) is 1. The van der Waals surface area contributed by atoms with Gasteiger partial charge in [-0.3, -0.25) is 4.79 Å². The monoisotopic (exact) mass is 260 g/mol. The third-order valence-corrected chi connectivity index (χ3v) is 3.39. The van der Waals surface area contributed by atoms with E-state index in [2.05, 4.69) is 18.3 Å². The van der Waals surface area contributed by atoms with Crippen LogP contribution in [0.3, 0.4) is 0 Å². The first kappa shape index (κ1) is 13.6. The lowest BCUT2D eigenvalue weighted by atomic mass is 10.1. The van der Waals surface area contributed by atoms with E-state index in [4.69, 9.17) is 4.42 Å². The molecule has 1 heterocycles. The Hall–Kier alpha value is -1.81. The van der Waals surface area contributed by atoms with Gasteiger partial charge in [-0.05, 0) is 50.2 Å². The van der Waals surface area contributed by atoms with E-state index < -0.39 is 0 Å². The summed E-state index contributed by atoms with van der Waals surface area (Å²) in [5.41, 5.74) is 3.15. The average Bonchev–Trinajstić information content (AvgIpc) is 2.78. The second-order valence-corrected chi connectivity index (χ2v) is 4.92. The molecule has 1 aromatic heterocycles. The average molecular weight is 260 g/mol. The fourth-order valence-corrected chi connectivity index (χ4v) is 1.98. The number of amides is 1. The van der Waals surface area contributed by atoms with Crippen molar-refractivity contribution < 1.29 is 9.21 Å². The summed E-state index contributed by atoms with van der Waals surface area (Å²) in [7, 11) is 3.65. The molecule has 0 unspecified atom stereocenters. The highest BCUT2D eigenvalue weighted by Gasteiger charge is 2.16. The normalized spacial score (nSPS) is 10.9. The molecule has 1 amide bonds. The number of carbonyl (C=O) groups excluding carboxylic acids is 1. The number of hydrogen-bond acceptors (Lipinski definition) is 3. The van der Waals surface area contributed by atoms with E-state index >= 15 is 0 Å². The van der Waals surface area contributed by atoms with Crippen LogP contribution in [0.25, 0.3) is 11.0 Å². The highest BCUT2D eigenvalue weighted by Crippen LogP contribution is 2.23. The van der Waals surface area contributed by atoms with E-state index in [0.717, 1.165) is 17.5 Å². The highest BCUT2D eigenvalue weighted by atomic mass is 16.3. The maximum Gasteiger partial charge on any atom is 0.289 e. The van der Waals surface area contributed by atoms with Gasteiger partial charge < -0.3 is 14.6 Å². The fraction of sp³-hybridized carbons (Fsp3) is 0.400. The summed E-state index contributed by atoms with van der Waals surface area (Å²) in [5, 5.41) is 4.00. The Morgan fingerprint density at radius 2 is 1.95 bits per heavy atom. The van der Waals surface area contributed by atoms with Gasteiger partial charge in [0.15, 0.2) is 5.76 Å².